The number of aliphatic hydroxyl groups excluding tert-OH is 1. The van der Waals surface area contributed by atoms with Gasteiger partial charge in [0.2, 0.25) is 0 Å². The summed E-state index contributed by atoms with van der Waals surface area (Å²) in [5, 5.41) is 11.1. The first kappa shape index (κ1) is 10.9. The molecule has 0 rings (SSSR count). The standard InChI is InChI=1S/C4H10NO.Y/c1-4(6)3-5-2;/h4-6H,1,3H2,2H3;/q-1;. The first-order valence-corrected chi connectivity index (χ1v) is 1.93. The predicted octanol–water partition coefficient (Wildman–Crippen LogP) is -0.602. The van der Waals surface area contributed by atoms with Crippen LogP contribution in [0.5, 0.6) is 0 Å². The van der Waals surface area contributed by atoms with Crippen molar-refractivity contribution in [2.75, 3.05) is 13.6 Å². The van der Waals surface area contributed by atoms with Gasteiger partial charge in [0.1, 0.15) is 0 Å². The molecule has 0 aliphatic heterocycles. The number of likely N-dealkylation sites (N-methyl/N-ethyl adjacent to an activating group) is 1. The van der Waals surface area contributed by atoms with E-state index in [0.717, 1.165) is 0 Å². The summed E-state index contributed by atoms with van der Waals surface area (Å²) in [6.45, 7) is 3.89. The van der Waals surface area contributed by atoms with Gasteiger partial charge in [-0.05, 0) is 13.6 Å². The second kappa shape index (κ2) is 7.02. The Kier molecular flexibility index (Phi) is 10.9. The van der Waals surface area contributed by atoms with Crippen molar-refractivity contribution >= 4 is 0 Å². The molecule has 0 saturated heterocycles. The van der Waals surface area contributed by atoms with E-state index in [9.17, 15) is 0 Å². The molecule has 7 heavy (non-hydrogen) atoms. The summed E-state index contributed by atoms with van der Waals surface area (Å²) in [6.07, 6.45) is -0.463. The summed E-state index contributed by atoms with van der Waals surface area (Å²) in [6, 6.07) is 0. The summed E-state index contributed by atoms with van der Waals surface area (Å²) in [5.74, 6) is 0. The van der Waals surface area contributed by atoms with Gasteiger partial charge in [-0.15, -0.1) is 0 Å². The van der Waals surface area contributed by atoms with Crippen molar-refractivity contribution in [3.05, 3.63) is 6.92 Å². The number of nitrogens with one attached hydrogen (secondary N) is 1. The Morgan fingerprint density at radius 2 is 2.29 bits per heavy atom. The maximum atomic E-state index is 8.38. The minimum absolute atomic E-state index is 0. The minimum Gasteiger partial charge on any atom is -0.424 e. The van der Waals surface area contributed by atoms with E-state index in [1.165, 1.54) is 0 Å². The molecule has 2 N–H and O–H groups in total. The smallest absolute Gasteiger partial charge is 0 e. The van der Waals surface area contributed by atoms with E-state index in [2.05, 4.69) is 12.2 Å². The van der Waals surface area contributed by atoms with Gasteiger partial charge >= 0.3 is 0 Å². The van der Waals surface area contributed by atoms with Gasteiger partial charge < -0.3 is 17.3 Å². The summed E-state index contributed by atoms with van der Waals surface area (Å²) in [7, 11) is 1.77. The van der Waals surface area contributed by atoms with E-state index in [1.807, 2.05) is 0 Å². The van der Waals surface area contributed by atoms with Crippen LogP contribution in [0, 0.1) is 6.92 Å². The van der Waals surface area contributed by atoms with Gasteiger partial charge in [0, 0.05) is 32.7 Å². The average Bonchev–Trinajstić information content (AvgIpc) is 1.35. The van der Waals surface area contributed by atoms with Crippen molar-refractivity contribution in [3.63, 3.8) is 0 Å². The van der Waals surface area contributed by atoms with Crippen LogP contribution in [-0.2, 0) is 32.7 Å². The maximum absolute atomic E-state index is 8.38. The zero-order valence-electron chi connectivity index (χ0n) is 4.52. The second-order valence-electron chi connectivity index (χ2n) is 1.21. The Balaban J connectivity index is 0. The molecule has 41 valence electrons. The van der Waals surface area contributed by atoms with Crippen LogP contribution in [0.3, 0.4) is 0 Å². The van der Waals surface area contributed by atoms with E-state index < -0.39 is 6.10 Å². The molecule has 0 aliphatic rings. The van der Waals surface area contributed by atoms with Crippen molar-refractivity contribution in [2.24, 2.45) is 0 Å². The second-order valence-corrected chi connectivity index (χ2v) is 1.21. The van der Waals surface area contributed by atoms with Crippen LogP contribution in [0.4, 0.5) is 0 Å². The first-order valence-electron chi connectivity index (χ1n) is 1.93. The Hall–Kier alpha value is 1.02. The topological polar surface area (TPSA) is 32.3 Å². The van der Waals surface area contributed by atoms with E-state index in [-0.39, 0.29) is 32.7 Å². The van der Waals surface area contributed by atoms with Crippen LogP contribution in [0.15, 0.2) is 0 Å². The van der Waals surface area contributed by atoms with Crippen molar-refractivity contribution in [3.8, 4) is 0 Å². The number of aliphatic hydroxyl groups is 1. The molecule has 0 aromatic carbocycles. The summed E-state index contributed by atoms with van der Waals surface area (Å²) >= 11 is 0. The summed E-state index contributed by atoms with van der Waals surface area (Å²) < 4.78 is 0. The molecular formula is C4H10NOY-. The molecular weight excluding hydrogens is 167 g/mol. The summed E-state index contributed by atoms with van der Waals surface area (Å²) in [5.41, 5.74) is 0. The molecule has 1 atom stereocenters. The Morgan fingerprint density at radius 3 is 2.29 bits per heavy atom. The molecule has 3 heteroatoms. The maximum Gasteiger partial charge on any atom is 0 e. The molecule has 0 aliphatic carbocycles. The third kappa shape index (κ3) is 10.9. The Labute approximate surface area is 69.6 Å². The Morgan fingerprint density at radius 1 is 1.86 bits per heavy atom. The summed E-state index contributed by atoms with van der Waals surface area (Å²) in [4.78, 5) is 0. The number of hydrogen-bond acceptors (Lipinski definition) is 2. The van der Waals surface area contributed by atoms with Crippen LogP contribution >= 0.6 is 0 Å². The fourth-order valence-corrected chi connectivity index (χ4v) is 0.236. The van der Waals surface area contributed by atoms with Crippen molar-refractivity contribution in [1.82, 2.24) is 5.32 Å². The van der Waals surface area contributed by atoms with E-state index in [1.54, 1.807) is 7.05 Å². The normalized spacial score (nSPS) is 12.4. The van der Waals surface area contributed by atoms with Gasteiger partial charge in [0.05, 0.1) is 0 Å². The monoisotopic (exact) mass is 177 g/mol. The predicted molar refractivity (Wildman–Crippen MR) is 25.3 cm³/mol. The first-order chi connectivity index (χ1) is 2.77. The van der Waals surface area contributed by atoms with Crippen LogP contribution in [0.2, 0.25) is 0 Å². The fourth-order valence-electron chi connectivity index (χ4n) is 0.236. The molecule has 0 heterocycles. The zero-order valence-corrected chi connectivity index (χ0v) is 7.35. The van der Waals surface area contributed by atoms with E-state index in [4.69, 9.17) is 5.11 Å². The molecule has 1 radical (unpaired) electrons. The molecule has 0 aromatic rings. The van der Waals surface area contributed by atoms with Gasteiger partial charge in [-0.2, -0.15) is 0 Å². The van der Waals surface area contributed by atoms with Gasteiger partial charge in [0.25, 0.3) is 0 Å². The Bertz CT molecular complexity index is 32.9. The van der Waals surface area contributed by atoms with Crippen LogP contribution < -0.4 is 5.32 Å². The van der Waals surface area contributed by atoms with Crippen LogP contribution in [0.1, 0.15) is 0 Å². The molecule has 0 saturated carbocycles. The molecule has 2 nitrogen and oxygen atoms in total. The molecule has 0 fully saturated rings. The molecule has 1 unspecified atom stereocenters. The SMILES string of the molecule is [CH2-]C(O)CNC.[Y]. The van der Waals surface area contributed by atoms with Crippen LogP contribution in [-0.4, -0.2) is 24.8 Å². The van der Waals surface area contributed by atoms with Gasteiger partial charge in [-0.1, -0.05) is 6.10 Å². The van der Waals surface area contributed by atoms with Crippen LogP contribution in [0.25, 0.3) is 0 Å². The average molecular weight is 177 g/mol. The van der Waals surface area contributed by atoms with E-state index in [0.29, 0.717) is 6.54 Å². The van der Waals surface area contributed by atoms with Gasteiger partial charge in [0.15, 0.2) is 0 Å². The molecule has 0 spiro atoms. The van der Waals surface area contributed by atoms with Gasteiger partial charge in [-0.25, -0.2) is 0 Å². The molecule has 0 aromatic heterocycles. The fraction of sp³-hybridized carbons (Fsp3) is 0.750. The third-order valence-electron chi connectivity index (χ3n) is 0.440. The quantitative estimate of drug-likeness (QED) is 0.552. The van der Waals surface area contributed by atoms with Crippen molar-refractivity contribution < 1.29 is 37.8 Å². The largest absolute Gasteiger partial charge is 0.424 e. The minimum atomic E-state index is -0.463. The van der Waals surface area contributed by atoms with Gasteiger partial charge in [-0.3, -0.25) is 0 Å². The molecule has 0 amide bonds. The molecule has 0 bridgehead atoms. The zero-order chi connectivity index (χ0) is 4.99. The number of rotatable bonds is 2. The number of hydrogen-bond donors (Lipinski definition) is 2. The van der Waals surface area contributed by atoms with Crippen molar-refractivity contribution in [1.29, 1.82) is 0 Å². The third-order valence-corrected chi connectivity index (χ3v) is 0.440. The van der Waals surface area contributed by atoms with Crippen molar-refractivity contribution in [2.45, 2.75) is 6.10 Å². The van der Waals surface area contributed by atoms with E-state index >= 15 is 0 Å².